The van der Waals surface area contributed by atoms with Gasteiger partial charge in [0.25, 0.3) is 0 Å². The van der Waals surface area contributed by atoms with Crippen molar-refractivity contribution >= 4 is 5.69 Å². The molecule has 4 heteroatoms. The van der Waals surface area contributed by atoms with Gasteiger partial charge in [0.1, 0.15) is 5.75 Å². The predicted octanol–water partition coefficient (Wildman–Crippen LogP) is 4.60. The van der Waals surface area contributed by atoms with Gasteiger partial charge in [-0.3, -0.25) is 9.88 Å². The molecule has 3 aromatic rings. The fourth-order valence-corrected chi connectivity index (χ4v) is 3.98. The molecule has 4 nitrogen and oxygen atoms in total. The van der Waals surface area contributed by atoms with Crippen LogP contribution in [0.2, 0.25) is 0 Å². The van der Waals surface area contributed by atoms with Crippen LogP contribution >= 0.6 is 0 Å². The number of benzene rings is 2. The molecule has 0 bridgehead atoms. The fourth-order valence-electron chi connectivity index (χ4n) is 3.98. The molecule has 0 amide bonds. The summed E-state index contributed by atoms with van der Waals surface area (Å²) in [5.74, 6) is 0.916. The Bertz CT molecular complexity index is 942. The second-order valence-corrected chi connectivity index (χ2v) is 7.57. The lowest BCUT2D eigenvalue weighted by Gasteiger charge is -2.28. The lowest BCUT2D eigenvalue weighted by molar-refractivity contribution is 0.199. The molecule has 28 heavy (non-hydrogen) atoms. The maximum Gasteiger partial charge on any atom is 0.119 e. The lowest BCUT2D eigenvalue weighted by atomic mass is 10.0. The molecule has 0 radical (unpaired) electrons. The molecule has 144 valence electrons. The molecule has 1 aromatic heterocycles. The third-order valence-corrected chi connectivity index (χ3v) is 5.56. The number of pyridine rings is 1. The number of nitrogens with zero attached hydrogens (tertiary/aromatic N) is 3. The van der Waals surface area contributed by atoms with Gasteiger partial charge in [-0.2, -0.15) is 0 Å². The number of rotatable bonds is 4. The van der Waals surface area contributed by atoms with Crippen molar-refractivity contribution < 1.29 is 4.74 Å². The van der Waals surface area contributed by atoms with Crippen LogP contribution in [0, 0.1) is 0 Å². The van der Waals surface area contributed by atoms with Crippen LogP contribution in [0.5, 0.6) is 5.75 Å². The molecule has 0 unspecified atom stereocenters. The Morgan fingerprint density at radius 2 is 1.86 bits per heavy atom. The van der Waals surface area contributed by atoms with Crippen LogP contribution in [0.4, 0.5) is 5.69 Å². The molecule has 1 atom stereocenters. The van der Waals surface area contributed by atoms with Crippen LogP contribution in [0.15, 0.2) is 67.0 Å². The van der Waals surface area contributed by atoms with E-state index in [9.17, 15) is 0 Å². The SMILES string of the molecule is COc1cccc(CN2Cc3ccc(-c4ccncc4)cc3N(C)C[C@@H]2C)c1. The van der Waals surface area contributed by atoms with Crippen molar-refractivity contribution in [2.24, 2.45) is 0 Å². The quantitative estimate of drug-likeness (QED) is 0.668. The monoisotopic (exact) mass is 373 g/mol. The third kappa shape index (κ3) is 3.87. The number of hydrogen-bond donors (Lipinski definition) is 0. The highest BCUT2D eigenvalue weighted by molar-refractivity contribution is 5.70. The van der Waals surface area contributed by atoms with E-state index in [4.69, 9.17) is 4.74 Å². The van der Waals surface area contributed by atoms with Gasteiger partial charge < -0.3 is 9.64 Å². The average molecular weight is 374 g/mol. The maximum atomic E-state index is 5.39. The molecule has 0 fully saturated rings. The van der Waals surface area contributed by atoms with Crippen LogP contribution < -0.4 is 9.64 Å². The van der Waals surface area contributed by atoms with Crippen molar-refractivity contribution in [1.82, 2.24) is 9.88 Å². The minimum Gasteiger partial charge on any atom is -0.497 e. The molecule has 0 aliphatic carbocycles. The second-order valence-electron chi connectivity index (χ2n) is 7.57. The van der Waals surface area contributed by atoms with E-state index < -0.39 is 0 Å². The van der Waals surface area contributed by atoms with Crippen molar-refractivity contribution in [3.63, 3.8) is 0 Å². The first-order chi connectivity index (χ1) is 13.6. The summed E-state index contributed by atoms with van der Waals surface area (Å²) in [4.78, 5) is 9.06. The Morgan fingerprint density at radius 1 is 1.04 bits per heavy atom. The zero-order valence-electron chi connectivity index (χ0n) is 16.8. The molecule has 2 heterocycles. The molecular formula is C24H27N3O. The zero-order chi connectivity index (χ0) is 19.5. The van der Waals surface area contributed by atoms with Gasteiger partial charge in [-0.1, -0.05) is 24.3 Å². The first-order valence-corrected chi connectivity index (χ1v) is 9.75. The summed E-state index contributed by atoms with van der Waals surface area (Å²) in [6, 6.07) is 19.8. The predicted molar refractivity (Wildman–Crippen MR) is 115 cm³/mol. The summed E-state index contributed by atoms with van der Waals surface area (Å²) in [6.45, 7) is 5.16. The van der Waals surface area contributed by atoms with E-state index in [0.717, 1.165) is 25.4 Å². The first kappa shape index (κ1) is 18.5. The number of likely N-dealkylation sites (N-methyl/N-ethyl adjacent to an activating group) is 1. The van der Waals surface area contributed by atoms with E-state index in [1.807, 2.05) is 18.5 Å². The van der Waals surface area contributed by atoms with Crippen LogP contribution in [0.25, 0.3) is 11.1 Å². The zero-order valence-corrected chi connectivity index (χ0v) is 16.8. The minimum atomic E-state index is 0.452. The van der Waals surface area contributed by atoms with Gasteiger partial charge in [-0.05, 0) is 59.5 Å². The normalized spacial score (nSPS) is 17.1. The van der Waals surface area contributed by atoms with Crippen molar-refractivity contribution in [2.45, 2.75) is 26.1 Å². The smallest absolute Gasteiger partial charge is 0.119 e. The summed E-state index contributed by atoms with van der Waals surface area (Å²) in [6.07, 6.45) is 3.70. The lowest BCUT2D eigenvalue weighted by Crippen LogP contribution is -2.37. The Hall–Kier alpha value is -2.85. The van der Waals surface area contributed by atoms with Crippen molar-refractivity contribution in [1.29, 1.82) is 0 Å². The summed E-state index contributed by atoms with van der Waals surface area (Å²) in [5, 5.41) is 0. The summed E-state index contributed by atoms with van der Waals surface area (Å²) < 4.78 is 5.39. The molecule has 4 rings (SSSR count). The fraction of sp³-hybridized carbons (Fsp3) is 0.292. The molecule has 0 N–H and O–H groups in total. The number of fused-ring (bicyclic) bond motifs is 1. The van der Waals surface area contributed by atoms with E-state index in [1.165, 1.54) is 27.9 Å². The van der Waals surface area contributed by atoms with Crippen molar-refractivity contribution in [3.05, 3.63) is 78.1 Å². The van der Waals surface area contributed by atoms with Gasteiger partial charge in [0, 0.05) is 50.8 Å². The van der Waals surface area contributed by atoms with Crippen molar-refractivity contribution in [3.8, 4) is 16.9 Å². The number of anilines is 1. The highest BCUT2D eigenvalue weighted by Gasteiger charge is 2.24. The number of aromatic nitrogens is 1. The maximum absolute atomic E-state index is 5.39. The van der Waals surface area contributed by atoms with Crippen LogP contribution in [0.1, 0.15) is 18.1 Å². The molecule has 1 aliphatic rings. The van der Waals surface area contributed by atoms with E-state index in [2.05, 4.69) is 77.3 Å². The Balaban J connectivity index is 1.62. The van der Waals surface area contributed by atoms with Gasteiger partial charge in [-0.15, -0.1) is 0 Å². The number of hydrogen-bond acceptors (Lipinski definition) is 4. The summed E-state index contributed by atoms with van der Waals surface area (Å²) >= 11 is 0. The minimum absolute atomic E-state index is 0.452. The molecule has 0 saturated heterocycles. The number of methoxy groups -OCH3 is 1. The third-order valence-electron chi connectivity index (χ3n) is 5.56. The highest BCUT2D eigenvalue weighted by Crippen LogP contribution is 2.32. The van der Waals surface area contributed by atoms with E-state index in [-0.39, 0.29) is 0 Å². The van der Waals surface area contributed by atoms with Gasteiger partial charge in [0.05, 0.1) is 7.11 Å². The van der Waals surface area contributed by atoms with Crippen molar-refractivity contribution in [2.75, 3.05) is 25.6 Å². The molecule has 0 spiro atoms. The van der Waals surface area contributed by atoms with Crippen LogP contribution in [-0.2, 0) is 13.1 Å². The largest absolute Gasteiger partial charge is 0.497 e. The molecular weight excluding hydrogens is 346 g/mol. The van der Waals surface area contributed by atoms with E-state index in [1.54, 1.807) is 7.11 Å². The molecule has 2 aromatic carbocycles. The topological polar surface area (TPSA) is 28.6 Å². The van der Waals surface area contributed by atoms with Gasteiger partial charge >= 0.3 is 0 Å². The van der Waals surface area contributed by atoms with Crippen LogP contribution in [-0.4, -0.2) is 36.6 Å². The summed E-state index contributed by atoms with van der Waals surface area (Å²) in [5.41, 5.74) is 6.41. The van der Waals surface area contributed by atoms with Gasteiger partial charge in [0.2, 0.25) is 0 Å². The molecule has 0 saturated carbocycles. The molecule has 1 aliphatic heterocycles. The standard InChI is InChI=1S/C24H27N3O/c1-18-15-26(2)24-14-21(20-9-11-25-12-10-20)7-8-22(24)17-27(18)16-19-5-4-6-23(13-19)28-3/h4-14,18H,15-17H2,1-3H3/t18-/m0/s1. The number of ether oxygens (including phenoxy) is 1. The van der Waals surface area contributed by atoms with E-state index >= 15 is 0 Å². The Morgan fingerprint density at radius 3 is 2.64 bits per heavy atom. The van der Waals surface area contributed by atoms with Crippen LogP contribution in [0.3, 0.4) is 0 Å². The van der Waals surface area contributed by atoms with Gasteiger partial charge in [-0.25, -0.2) is 0 Å². The average Bonchev–Trinajstić information content (AvgIpc) is 2.84. The first-order valence-electron chi connectivity index (χ1n) is 9.75. The van der Waals surface area contributed by atoms with Gasteiger partial charge in [0.15, 0.2) is 0 Å². The Labute approximate surface area is 167 Å². The Kier molecular flexibility index (Phi) is 5.31. The highest BCUT2D eigenvalue weighted by atomic mass is 16.5. The van der Waals surface area contributed by atoms with E-state index in [0.29, 0.717) is 6.04 Å². The second kappa shape index (κ2) is 8.03. The summed E-state index contributed by atoms with van der Waals surface area (Å²) in [7, 11) is 3.92.